The predicted octanol–water partition coefficient (Wildman–Crippen LogP) is 18.8. The van der Waals surface area contributed by atoms with Crippen LogP contribution >= 0.6 is 22.7 Å². The van der Waals surface area contributed by atoms with E-state index in [0.29, 0.717) is 17.9 Å². The standard InChI is InChI=1S/C61H74O4S2/c1-5-7-9-15-19-39-61(40-20-16-10-8-6-2)54-43-48(58-37-35-56(66-58)46-23-29-50(62)30-24-46)27-33-52(54)53-34-28-49(44-55(53)61)59-38-36-57(67-59)47-25-31-51(32-26-47)64-41-21-17-13-11-12-14-18-22-42-65-60(63)45(3)4/h23-38,43-44,62H,3,5-22,39-42H2,1-2,4H3. The summed E-state index contributed by atoms with van der Waals surface area (Å²) in [5, 5.41) is 9.92. The zero-order valence-electron chi connectivity index (χ0n) is 40.6. The Labute approximate surface area is 410 Å². The molecule has 2 aromatic heterocycles. The van der Waals surface area contributed by atoms with Crippen molar-refractivity contribution in [2.75, 3.05) is 13.2 Å². The summed E-state index contributed by atoms with van der Waals surface area (Å²) >= 11 is 3.73. The van der Waals surface area contributed by atoms with Gasteiger partial charge in [0.2, 0.25) is 0 Å². The maximum atomic E-state index is 11.5. The summed E-state index contributed by atoms with van der Waals surface area (Å²) in [6.07, 6.45) is 24.4. The van der Waals surface area contributed by atoms with E-state index < -0.39 is 0 Å². The van der Waals surface area contributed by atoms with Crippen LogP contribution in [0.4, 0.5) is 0 Å². The van der Waals surface area contributed by atoms with Crippen molar-refractivity contribution in [3.05, 3.63) is 132 Å². The Morgan fingerprint density at radius 2 is 0.910 bits per heavy atom. The van der Waals surface area contributed by atoms with Crippen molar-refractivity contribution >= 4 is 28.6 Å². The van der Waals surface area contributed by atoms with E-state index in [1.54, 1.807) is 19.1 Å². The maximum Gasteiger partial charge on any atom is 0.333 e. The summed E-state index contributed by atoms with van der Waals surface area (Å²) in [6, 6.07) is 40.2. The topological polar surface area (TPSA) is 55.8 Å². The molecule has 0 unspecified atom stereocenters. The van der Waals surface area contributed by atoms with Gasteiger partial charge in [0.25, 0.3) is 0 Å². The number of unbranched alkanes of at least 4 members (excludes halogenated alkanes) is 15. The van der Waals surface area contributed by atoms with Crippen LogP contribution in [-0.4, -0.2) is 24.3 Å². The smallest absolute Gasteiger partial charge is 0.333 e. The molecule has 4 aromatic carbocycles. The zero-order valence-corrected chi connectivity index (χ0v) is 42.3. The predicted molar refractivity (Wildman–Crippen MR) is 287 cm³/mol. The second-order valence-electron chi connectivity index (χ2n) is 18.9. The molecular weight excluding hydrogens is 861 g/mol. The van der Waals surface area contributed by atoms with Crippen LogP contribution in [0, 0.1) is 0 Å². The monoisotopic (exact) mass is 935 g/mol. The van der Waals surface area contributed by atoms with Gasteiger partial charge in [-0.3, -0.25) is 0 Å². The number of hydrogen-bond acceptors (Lipinski definition) is 6. The Morgan fingerprint density at radius 3 is 1.39 bits per heavy atom. The second-order valence-corrected chi connectivity index (χ2v) is 21.1. The van der Waals surface area contributed by atoms with Crippen molar-refractivity contribution < 1.29 is 19.4 Å². The molecule has 0 radical (unpaired) electrons. The van der Waals surface area contributed by atoms with E-state index >= 15 is 0 Å². The van der Waals surface area contributed by atoms with E-state index in [2.05, 4.69) is 105 Å². The van der Waals surface area contributed by atoms with Gasteiger partial charge in [-0.1, -0.05) is 147 Å². The van der Waals surface area contributed by atoms with E-state index in [-0.39, 0.29) is 11.4 Å². The van der Waals surface area contributed by atoms with Gasteiger partial charge in [0.15, 0.2) is 0 Å². The minimum absolute atomic E-state index is 0.0208. The van der Waals surface area contributed by atoms with Gasteiger partial charge in [0, 0.05) is 30.5 Å². The van der Waals surface area contributed by atoms with Gasteiger partial charge in [0.1, 0.15) is 11.5 Å². The van der Waals surface area contributed by atoms with E-state index in [9.17, 15) is 9.90 Å². The molecule has 67 heavy (non-hydrogen) atoms. The fourth-order valence-electron chi connectivity index (χ4n) is 9.91. The number of ether oxygens (including phenoxy) is 2. The number of carbonyl (C=O) groups is 1. The molecule has 0 saturated carbocycles. The van der Waals surface area contributed by atoms with Crippen LogP contribution in [0.15, 0.2) is 121 Å². The fourth-order valence-corrected chi connectivity index (χ4v) is 11.9. The Bertz CT molecular complexity index is 2460. The summed E-state index contributed by atoms with van der Waals surface area (Å²) in [7, 11) is 0. The molecule has 2 heterocycles. The molecule has 0 aliphatic heterocycles. The van der Waals surface area contributed by atoms with Crippen LogP contribution in [0.25, 0.3) is 52.9 Å². The number of rotatable bonds is 29. The Hall–Kier alpha value is -4.91. The van der Waals surface area contributed by atoms with Gasteiger partial charge in [0.05, 0.1) is 13.2 Å². The Morgan fingerprint density at radius 1 is 0.507 bits per heavy atom. The molecule has 0 spiro atoms. The number of fused-ring (bicyclic) bond motifs is 3. The average Bonchev–Trinajstić information content (AvgIpc) is 4.10. The molecule has 7 rings (SSSR count). The van der Waals surface area contributed by atoms with E-state index in [1.165, 1.54) is 168 Å². The minimum Gasteiger partial charge on any atom is -0.508 e. The molecule has 0 saturated heterocycles. The Balaban J connectivity index is 1.03. The number of thiophene rings is 2. The fraction of sp³-hybridized carbons (Fsp3) is 0.426. The highest BCUT2D eigenvalue weighted by molar-refractivity contribution is 7.19. The van der Waals surface area contributed by atoms with Crippen LogP contribution in [0.5, 0.6) is 11.5 Å². The third-order valence-corrected chi connectivity index (χ3v) is 16.1. The molecule has 1 aliphatic carbocycles. The van der Waals surface area contributed by atoms with Crippen LogP contribution in [0.3, 0.4) is 0 Å². The highest BCUT2D eigenvalue weighted by Crippen LogP contribution is 2.56. The average molecular weight is 935 g/mol. The normalized spacial score (nSPS) is 12.5. The first kappa shape index (κ1) is 50.0. The lowest BCUT2D eigenvalue weighted by atomic mass is 9.70. The molecule has 6 heteroatoms. The van der Waals surface area contributed by atoms with Crippen molar-refractivity contribution in [1.82, 2.24) is 0 Å². The summed E-state index contributed by atoms with van der Waals surface area (Å²) < 4.78 is 11.4. The molecule has 0 fully saturated rings. The van der Waals surface area contributed by atoms with Crippen molar-refractivity contribution in [1.29, 1.82) is 0 Å². The molecule has 0 bridgehead atoms. The first-order valence-corrected chi connectivity index (χ1v) is 27.3. The first-order valence-electron chi connectivity index (χ1n) is 25.6. The first-order chi connectivity index (χ1) is 32.8. The number of carbonyl (C=O) groups excluding carboxylic acids is 1. The molecule has 0 amide bonds. The Kier molecular flexibility index (Phi) is 19.0. The molecular formula is C61H74O4S2. The van der Waals surface area contributed by atoms with Crippen LogP contribution < -0.4 is 4.74 Å². The third kappa shape index (κ3) is 13.4. The summed E-state index contributed by atoms with van der Waals surface area (Å²) in [6.45, 7) is 11.2. The van der Waals surface area contributed by atoms with Crippen molar-refractivity contribution in [3.63, 3.8) is 0 Å². The minimum atomic E-state index is -0.283. The van der Waals surface area contributed by atoms with Gasteiger partial charge in [-0.05, 0) is 162 Å². The van der Waals surface area contributed by atoms with Crippen molar-refractivity contribution in [3.8, 4) is 64.4 Å². The van der Waals surface area contributed by atoms with Crippen molar-refractivity contribution in [2.45, 2.75) is 155 Å². The zero-order chi connectivity index (χ0) is 46.9. The van der Waals surface area contributed by atoms with Crippen molar-refractivity contribution in [2.24, 2.45) is 0 Å². The lowest BCUT2D eigenvalue weighted by Gasteiger charge is -2.33. The van der Waals surface area contributed by atoms with E-state index in [1.807, 2.05) is 34.8 Å². The second kappa shape index (κ2) is 25.5. The highest BCUT2D eigenvalue weighted by atomic mass is 32.1. The number of hydrogen-bond donors (Lipinski definition) is 1. The molecule has 1 aliphatic rings. The number of aromatic hydroxyl groups is 1. The lowest BCUT2D eigenvalue weighted by Crippen LogP contribution is -2.25. The van der Waals surface area contributed by atoms with Gasteiger partial charge >= 0.3 is 5.97 Å². The number of esters is 1. The summed E-state index contributed by atoms with van der Waals surface area (Å²) in [5.41, 5.74) is 11.3. The highest BCUT2D eigenvalue weighted by Gasteiger charge is 2.42. The quantitative estimate of drug-likeness (QED) is 0.0289. The van der Waals surface area contributed by atoms with Crippen LogP contribution in [0.1, 0.15) is 160 Å². The van der Waals surface area contributed by atoms with Crippen LogP contribution in [0.2, 0.25) is 0 Å². The van der Waals surface area contributed by atoms with Gasteiger partial charge < -0.3 is 14.6 Å². The number of phenolic OH excluding ortho intramolecular Hbond substituents is 1. The van der Waals surface area contributed by atoms with Crippen LogP contribution in [-0.2, 0) is 14.9 Å². The number of benzene rings is 4. The largest absolute Gasteiger partial charge is 0.508 e. The SMILES string of the molecule is C=C(C)C(=O)OCCCCCCCCCCOc1ccc(-c2ccc(-c3ccc4c(c3)C(CCCCCCC)(CCCCCCC)c3cc(-c5ccc(-c6ccc(O)cc6)s5)ccc3-4)s2)cc1. The van der Waals surface area contributed by atoms with Gasteiger partial charge in [-0.25, -0.2) is 4.79 Å². The van der Waals surface area contributed by atoms with Gasteiger partial charge in [-0.2, -0.15) is 0 Å². The summed E-state index contributed by atoms with van der Waals surface area (Å²) in [4.78, 5) is 16.6. The molecule has 354 valence electrons. The van der Waals surface area contributed by atoms with E-state index in [4.69, 9.17) is 9.47 Å². The molecule has 0 atom stereocenters. The van der Waals surface area contributed by atoms with E-state index in [0.717, 1.165) is 37.2 Å². The number of phenols is 1. The third-order valence-electron chi connectivity index (χ3n) is 13.7. The van der Waals surface area contributed by atoms with Gasteiger partial charge in [-0.15, -0.1) is 22.7 Å². The summed E-state index contributed by atoms with van der Waals surface area (Å²) in [5.74, 6) is 0.955. The lowest BCUT2D eigenvalue weighted by molar-refractivity contribution is -0.139. The molecule has 4 nitrogen and oxygen atoms in total. The molecule has 1 N–H and O–H groups in total. The maximum absolute atomic E-state index is 11.5. The molecule has 6 aromatic rings.